The predicted octanol–water partition coefficient (Wildman–Crippen LogP) is 2.57. The lowest BCUT2D eigenvalue weighted by atomic mass is 10.1. The molecule has 0 fully saturated rings. The zero-order valence-electron chi connectivity index (χ0n) is 16.9. The SMILES string of the molecule is COc1cc(C(C)=O)ccc1OCC(=O)NCC(Cc1ccccc1)N(C)C. The molecule has 2 rings (SSSR count). The number of carbonyl (C=O) groups excluding carboxylic acids is 2. The van der Waals surface area contributed by atoms with E-state index in [-0.39, 0.29) is 24.3 Å². The summed E-state index contributed by atoms with van der Waals surface area (Å²) in [7, 11) is 5.49. The molecule has 0 radical (unpaired) electrons. The molecule has 0 spiro atoms. The molecule has 0 saturated carbocycles. The first-order chi connectivity index (χ1) is 13.4. The number of ketones is 1. The van der Waals surface area contributed by atoms with Crippen molar-refractivity contribution in [2.45, 2.75) is 19.4 Å². The molecule has 1 unspecified atom stereocenters. The van der Waals surface area contributed by atoms with Gasteiger partial charge >= 0.3 is 0 Å². The van der Waals surface area contributed by atoms with E-state index < -0.39 is 0 Å². The fourth-order valence-electron chi connectivity index (χ4n) is 2.76. The quantitative estimate of drug-likeness (QED) is 0.638. The van der Waals surface area contributed by atoms with Crippen molar-refractivity contribution in [1.29, 1.82) is 0 Å². The van der Waals surface area contributed by atoms with E-state index in [9.17, 15) is 9.59 Å². The molecule has 1 amide bonds. The Kier molecular flexibility index (Phi) is 8.02. The van der Waals surface area contributed by atoms with Gasteiger partial charge in [-0.15, -0.1) is 0 Å². The molecule has 0 saturated heterocycles. The first-order valence-electron chi connectivity index (χ1n) is 9.19. The number of ether oxygens (including phenoxy) is 2. The van der Waals surface area contributed by atoms with E-state index in [1.807, 2.05) is 32.3 Å². The monoisotopic (exact) mass is 384 g/mol. The third kappa shape index (κ3) is 6.39. The molecule has 28 heavy (non-hydrogen) atoms. The van der Waals surface area contributed by atoms with Crippen LogP contribution in [0.15, 0.2) is 48.5 Å². The van der Waals surface area contributed by atoms with E-state index in [2.05, 4.69) is 22.3 Å². The number of nitrogens with zero attached hydrogens (tertiary/aromatic N) is 1. The lowest BCUT2D eigenvalue weighted by molar-refractivity contribution is -0.123. The second kappa shape index (κ2) is 10.5. The van der Waals surface area contributed by atoms with Gasteiger partial charge in [-0.05, 0) is 51.2 Å². The average Bonchev–Trinajstić information content (AvgIpc) is 2.69. The third-order valence-electron chi connectivity index (χ3n) is 4.51. The van der Waals surface area contributed by atoms with Gasteiger partial charge in [-0.3, -0.25) is 9.59 Å². The maximum atomic E-state index is 12.2. The second-order valence-electron chi connectivity index (χ2n) is 6.82. The van der Waals surface area contributed by atoms with Crippen LogP contribution in [0.1, 0.15) is 22.8 Å². The number of likely N-dealkylation sites (N-methyl/N-ethyl adjacent to an activating group) is 1. The van der Waals surface area contributed by atoms with E-state index in [1.54, 1.807) is 18.2 Å². The first kappa shape index (κ1) is 21.4. The van der Waals surface area contributed by atoms with Crippen LogP contribution in [0.5, 0.6) is 11.5 Å². The molecule has 0 bridgehead atoms. The van der Waals surface area contributed by atoms with Crippen LogP contribution < -0.4 is 14.8 Å². The van der Waals surface area contributed by atoms with Gasteiger partial charge in [0, 0.05) is 18.2 Å². The fourth-order valence-corrected chi connectivity index (χ4v) is 2.76. The summed E-state index contributed by atoms with van der Waals surface area (Å²) in [4.78, 5) is 25.8. The zero-order chi connectivity index (χ0) is 20.5. The van der Waals surface area contributed by atoms with Crippen molar-refractivity contribution in [1.82, 2.24) is 10.2 Å². The Hall–Kier alpha value is -2.86. The molecular formula is C22H28N2O4. The third-order valence-corrected chi connectivity index (χ3v) is 4.51. The Balaban J connectivity index is 1.88. The minimum Gasteiger partial charge on any atom is -0.493 e. The van der Waals surface area contributed by atoms with E-state index in [1.165, 1.54) is 19.6 Å². The number of nitrogens with one attached hydrogen (secondary N) is 1. The van der Waals surface area contributed by atoms with Gasteiger partial charge in [-0.2, -0.15) is 0 Å². The number of methoxy groups -OCH3 is 1. The van der Waals surface area contributed by atoms with Crippen LogP contribution in [-0.2, 0) is 11.2 Å². The number of amides is 1. The van der Waals surface area contributed by atoms with Gasteiger partial charge in [0.1, 0.15) is 0 Å². The normalized spacial score (nSPS) is 11.8. The maximum absolute atomic E-state index is 12.2. The molecule has 0 aliphatic rings. The Morgan fingerprint density at radius 2 is 1.79 bits per heavy atom. The molecule has 6 nitrogen and oxygen atoms in total. The highest BCUT2D eigenvalue weighted by Gasteiger charge is 2.15. The topological polar surface area (TPSA) is 67.9 Å². The lowest BCUT2D eigenvalue weighted by Gasteiger charge is -2.24. The van der Waals surface area contributed by atoms with Gasteiger partial charge < -0.3 is 19.7 Å². The molecule has 2 aromatic carbocycles. The number of Topliss-reactive ketones (excluding diaryl/α,β-unsaturated/α-hetero) is 1. The first-order valence-corrected chi connectivity index (χ1v) is 9.19. The summed E-state index contributed by atoms with van der Waals surface area (Å²) in [5.74, 6) is 0.584. The molecule has 0 aliphatic heterocycles. The van der Waals surface area contributed by atoms with Crippen molar-refractivity contribution in [3.8, 4) is 11.5 Å². The van der Waals surface area contributed by atoms with Crippen molar-refractivity contribution in [3.05, 3.63) is 59.7 Å². The minimum atomic E-state index is -0.211. The van der Waals surface area contributed by atoms with Gasteiger partial charge in [-0.1, -0.05) is 30.3 Å². The second-order valence-corrected chi connectivity index (χ2v) is 6.82. The Morgan fingerprint density at radius 1 is 1.07 bits per heavy atom. The Labute approximate surface area is 166 Å². The highest BCUT2D eigenvalue weighted by molar-refractivity contribution is 5.94. The van der Waals surface area contributed by atoms with Crippen molar-refractivity contribution in [2.24, 2.45) is 0 Å². The highest BCUT2D eigenvalue weighted by atomic mass is 16.5. The molecular weight excluding hydrogens is 356 g/mol. The van der Waals surface area contributed by atoms with Gasteiger partial charge in [0.15, 0.2) is 23.9 Å². The predicted molar refractivity (Wildman–Crippen MR) is 109 cm³/mol. The molecule has 1 atom stereocenters. The molecule has 0 heterocycles. The standard InChI is InChI=1S/C22H28N2O4/c1-16(25)18-10-11-20(21(13-18)27-4)28-15-22(26)23-14-19(24(2)3)12-17-8-6-5-7-9-17/h5-11,13,19H,12,14-15H2,1-4H3,(H,23,26). The molecule has 2 aromatic rings. The number of carbonyl (C=O) groups is 2. The number of hydrogen-bond acceptors (Lipinski definition) is 5. The summed E-state index contributed by atoms with van der Waals surface area (Å²) in [5, 5.41) is 2.92. The number of rotatable bonds is 10. The summed E-state index contributed by atoms with van der Waals surface area (Å²) < 4.78 is 10.8. The summed E-state index contributed by atoms with van der Waals surface area (Å²) in [5.41, 5.74) is 1.75. The zero-order valence-corrected chi connectivity index (χ0v) is 16.9. The maximum Gasteiger partial charge on any atom is 0.257 e. The highest BCUT2D eigenvalue weighted by Crippen LogP contribution is 2.28. The van der Waals surface area contributed by atoms with Gasteiger partial charge in [0.25, 0.3) is 5.91 Å². The van der Waals surface area contributed by atoms with E-state index in [0.717, 1.165) is 6.42 Å². The molecule has 0 aliphatic carbocycles. The van der Waals surface area contributed by atoms with Gasteiger partial charge in [-0.25, -0.2) is 0 Å². The largest absolute Gasteiger partial charge is 0.493 e. The fraction of sp³-hybridized carbons (Fsp3) is 0.364. The van der Waals surface area contributed by atoms with Crippen molar-refractivity contribution >= 4 is 11.7 Å². The van der Waals surface area contributed by atoms with Crippen molar-refractivity contribution in [3.63, 3.8) is 0 Å². The van der Waals surface area contributed by atoms with Crippen LogP contribution in [0.2, 0.25) is 0 Å². The van der Waals surface area contributed by atoms with Crippen LogP contribution in [0.25, 0.3) is 0 Å². The van der Waals surface area contributed by atoms with Gasteiger partial charge in [0.2, 0.25) is 0 Å². The molecule has 1 N–H and O–H groups in total. The summed E-state index contributed by atoms with van der Waals surface area (Å²) in [6.45, 7) is 1.88. The van der Waals surface area contributed by atoms with E-state index in [4.69, 9.17) is 9.47 Å². The average molecular weight is 384 g/mol. The summed E-state index contributed by atoms with van der Waals surface area (Å²) >= 11 is 0. The number of benzene rings is 2. The van der Waals surface area contributed by atoms with Crippen LogP contribution in [0, 0.1) is 0 Å². The Morgan fingerprint density at radius 3 is 2.39 bits per heavy atom. The molecule has 150 valence electrons. The number of hydrogen-bond donors (Lipinski definition) is 1. The van der Waals surface area contributed by atoms with Crippen LogP contribution >= 0.6 is 0 Å². The molecule has 6 heteroatoms. The van der Waals surface area contributed by atoms with E-state index in [0.29, 0.717) is 23.6 Å². The van der Waals surface area contributed by atoms with Crippen LogP contribution in [-0.4, -0.2) is 57.0 Å². The summed E-state index contributed by atoms with van der Waals surface area (Å²) in [6.07, 6.45) is 0.843. The smallest absolute Gasteiger partial charge is 0.257 e. The van der Waals surface area contributed by atoms with E-state index >= 15 is 0 Å². The Bertz CT molecular complexity index is 790. The van der Waals surface area contributed by atoms with Gasteiger partial charge in [0.05, 0.1) is 7.11 Å². The van der Waals surface area contributed by atoms with Crippen molar-refractivity contribution in [2.75, 3.05) is 34.4 Å². The summed E-state index contributed by atoms with van der Waals surface area (Å²) in [6, 6.07) is 15.3. The van der Waals surface area contributed by atoms with Crippen LogP contribution in [0.3, 0.4) is 0 Å². The minimum absolute atomic E-state index is 0.0595. The lowest BCUT2D eigenvalue weighted by Crippen LogP contribution is -2.42. The molecule has 0 aromatic heterocycles. The van der Waals surface area contributed by atoms with Crippen molar-refractivity contribution < 1.29 is 19.1 Å². The van der Waals surface area contributed by atoms with Crippen LogP contribution in [0.4, 0.5) is 0 Å².